The zero-order valence-corrected chi connectivity index (χ0v) is 9.40. The molecule has 0 aliphatic rings. The highest BCUT2D eigenvalue weighted by molar-refractivity contribution is 6.28. The van der Waals surface area contributed by atoms with Crippen LogP contribution in [0.15, 0.2) is 23.1 Å². The van der Waals surface area contributed by atoms with Crippen LogP contribution in [0.2, 0.25) is 5.28 Å². The van der Waals surface area contributed by atoms with Crippen molar-refractivity contribution in [3.05, 3.63) is 29.7 Å². The minimum Gasteiger partial charge on any atom is -0.467 e. The number of hydrogen-bond donors (Lipinski definition) is 2. The quantitative estimate of drug-likeness (QED) is 0.675. The van der Waals surface area contributed by atoms with E-state index in [1.807, 2.05) is 0 Å². The van der Waals surface area contributed by atoms with Gasteiger partial charge in [-0.2, -0.15) is 4.98 Å². The van der Waals surface area contributed by atoms with Crippen LogP contribution in [0.25, 0.3) is 22.4 Å². The van der Waals surface area contributed by atoms with Crippen LogP contribution in [0, 0.1) is 0 Å². The molecule has 86 valence electrons. The van der Waals surface area contributed by atoms with Crippen molar-refractivity contribution in [2.75, 3.05) is 0 Å². The zero-order valence-electron chi connectivity index (χ0n) is 8.64. The molecule has 3 heterocycles. The van der Waals surface area contributed by atoms with Gasteiger partial charge in [-0.15, -0.1) is 0 Å². The number of imidazole rings is 1. The van der Waals surface area contributed by atoms with E-state index < -0.39 is 0 Å². The molecule has 0 fully saturated rings. The van der Waals surface area contributed by atoms with Crippen molar-refractivity contribution in [2.45, 2.75) is 6.54 Å². The summed E-state index contributed by atoms with van der Waals surface area (Å²) in [5.74, 6) is 0.649. The Morgan fingerprint density at radius 3 is 3.12 bits per heavy atom. The van der Waals surface area contributed by atoms with E-state index in [4.69, 9.17) is 21.8 Å². The highest BCUT2D eigenvalue weighted by Gasteiger charge is 2.15. The highest BCUT2D eigenvalue weighted by Crippen LogP contribution is 2.28. The summed E-state index contributed by atoms with van der Waals surface area (Å²) in [4.78, 5) is 15.2. The number of nitrogens with one attached hydrogen (secondary N) is 1. The maximum absolute atomic E-state index is 5.86. The fourth-order valence-corrected chi connectivity index (χ4v) is 1.88. The summed E-state index contributed by atoms with van der Waals surface area (Å²) in [5.41, 5.74) is 8.27. The second-order valence-electron chi connectivity index (χ2n) is 3.40. The van der Waals surface area contributed by atoms with Crippen LogP contribution in [-0.4, -0.2) is 19.9 Å². The lowest BCUT2D eigenvalue weighted by molar-refractivity contribution is 0.513. The van der Waals surface area contributed by atoms with E-state index in [1.54, 1.807) is 18.7 Å². The largest absolute Gasteiger partial charge is 0.467 e. The van der Waals surface area contributed by atoms with Gasteiger partial charge in [0.05, 0.1) is 19.1 Å². The number of furan rings is 1. The number of H-pyrrole nitrogens is 1. The second kappa shape index (κ2) is 3.83. The molecule has 6 nitrogen and oxygen atoms in total. The van der Waals surface area contributed by atoms with Gasteiger partial charge < -0.3 is 15.1 Å². The van der Waals surface area contributed by atoms with Gasteiger partial charge in [0.25, 0.3) is 0 Å². The molecule has 3 N–H and O–H groups in total. The van der Waals surface area contributed by atoms with Crippen molar-refractivity contribution in [1.82, 2.24) is 19.9 Å². The van der Waals surface area contributed by atoms with Gasteiger partial charge in [-0.3, -0.25) is 0 Å². The maximum Gasteiger partial charge on any atom is 0.225 e. The summed E-state index contributed by atoms with van der Waals surface area (Å²) in [6.07, 6.45) is 3.11. The van der Waals surface area contributed by atoms with Crippen molar-refractivity contribution in [3.8, 4) is 11.3 Å². The van der Waals surface area contributed by atoms with Gasteiger partial charge >= 0.3 is 0 Å². The molecule has 7 heteroatoms. The summed E-state index contributed by atoms with van der Waals surface area (Å²) in [5, 5.41) is 0.142. The third-order valence-corrected chi connectivity index (χ3v) is 2.61. The molecular formula is C10H8ClN5O. The van der Waals surface area contributed by atoms with Crippen LogP contribution < -0.4 is 5.73 Å². The standard InChI is InChI=1S/C10H8ClN5O/c11-10-15-7(5-1-2-17-6(5)3-12)8-9(16-10)14-4-13-8/h1-2,4H,3,12H2,(H,13,14,15,16). The van der Waals surface area contributed by atoms with Gasteiger partial charge in [0.15, 0.2) is 5.65 Å². The van der Waals surface area contributed by atoms with E-state index in [1.165, 1.54) is 0 Å². The van der Waals surface area contributed by atoms with E-state index in [0.717, 1.165) is 5.56 Å². The lowest BCUT2D eigenvalue weighted by Gasteiger charge is -2.01. The third-order valence-electron chi connectivity index (χ3n) is 2.44. The minimum atomic E-state index is 0.142. The Morgan fingerprint density at radius 2 is 2.29 bits per heavy atom. The highest BCUT2D eigenvalue weighted by atomic mass is 35.5. The number of hydrogen-bond acceptors (Lipinski definition) is 5. The summed E-state index contributed by atoms with van der Waals surface area (Å²) < 4.78 is 5.27. The molecule has 17 heavy (non-hydrogen) atoms. The topological polar surface area (TPSA) is 93.6 Å². The number of aromatic nitrogens is 4. The first-order valence-corrected chi connectivity index (χ1v) is 5.31. The Bertz CT molecular complexity index is 674. The van der Waals surface area contributed by atoms with Gasteiger partial charge in [0.2, 0.25) is 5.28 Å². The van der Waals surface area contributed by atoms with Crippen molar-refractivity contribution < 1.29 is 4.42 Å². The van der Waals surface area contributed by atoms with Crippen molar-refractivity contribution in [2.24, 2.45) is 5.73 Å². The fourth-order valence-electron chi connectivity index (χ4n) is 1.71. The number of fused-ring (bicyclic) bond motifs is 1. The van der Waals surface area contributed by atoms with Crippen molar-refractivity contribution >= 4 is 22.8 Å². The smallest absolute Gasteiger partial charge is 0.225 e. The van der Waals surface area contributed by atoms with Gasteiger partial charge in [-0.25, -0.2) is 9.97 Å². The molecule has 3 aromatic heterocycles. The monoisotopic (exact) mass is 249 g/mol. The van der Waals surface area contributed by atoms with Gasteiger partial charge in [-0.1, -0.05) is 0 Å². The Morgan fingerprint density at radius 1 is 1.41 bits per heavy atom. The van der Waals surface area contributed by atoms with Crippen molar-refractivity contribution in [3.63, 3.8) is 0 Å². The molecule has 3 aromatic rings. The molecule has 0 radical (unpaired) electrons. The predicted octanol–water partition coefficient (Wildman–Crippen LogP) is 1.72. The van der Waals surface area contributed by atoms with Crippen molar-refractivity contribution in [1.29, 1.82) is 0 Å². The van der Waals surface area contributed by atoms with E-state index in [-0.39, 0.29) is 5.28 Å². The predicted molar refractivity (Wildman–Crippen MR) is 62.3 cm³/mol. The lowest BCUT2D eigenvalue weighted by Crippen LogP contribution is -1.98. The summed E-state index contributed by atoms with van der Waals surface area (Å²) >= 11 is 5.86. The first-order valence-electron chi connectivity index (χ1n) is 4.93. The summed E-state index contributed by atoms with van der Waals surface area (Å²) in [7, 11) is 0. The molecule has 0 aliphatic carbocycles. The van der Waals surface area contributed by atoms with Gasteiger partial charge in [0.1, 0.15) is 17.0 Å². The van der Waals surface area contributed by atoms with E-state index in [2.05, 4.69) is 19.9 Å². The SMILES string of the molecule is NCc1occc1-c1nc(Cl)nc2nc[nH]c12. The molecule has 0 aliphatic heterocycles. The molecule has 0 aromatic carbocycles. The summed E-state index contributed by atoms with van der Waals surface area (Å²) in [6.45, 7) is 0.291. The van der Waals surface area contributed by atoms with Crippen LogP contribution in [-0.2, 0) is 6.54 Å². The van der Waals surface area contributed by atoms with E-state index in [9.17, 15) is 0 Å². The molecule has 0 unspecified atom stereocenters. The number of halogens is 1. The van der Waals surface area contributed by atoms with Crippen LogP contribution in [0.3, 0.4) is 0 Å². The molecule has 0 saturated carbocycles. The normalized spacial score (nSPS) is 11.2. The Balaban J connectivity index is 2.32. The average Bonchev–Trinajstić information content (AvgIpc) is 2.95. The van der Waals surface area contributed by atoms with Gasteiger partial charge in [-0.05, 0) is 17.7 Å². The summed E-state index contributed by atoms with van der Waals surface area (Å²) in [6, 6.07) is 1.79. The van der Waals surface area contributed by atoms with Crippen LogP contribution in [0.1, 0.15) is 5.76 Å². The molecule has 0 bridgehead atoms. The maximum atomic E-state index is 5.86. The number of aromatic amines is 1. The van der Waals surface area contributed by atoms with Gasteiger partial charge in [0, 0.05) is 5.56 Å². The third kappa shape index (κ3) is 1.58. The lowest BCUT2D eigenvalue weighted by atomic mass is 10.1. The Labute approximate surface area is 101 Å². The van der Waals surface area contributed by atoms with E-state index in [0.29, 0.717) is 29.2 Å². The fraction of sp³-hybridized carbons (Fsp3) is 0.100. The number of nitrogens with two attached hydrogens (primary N) is 1. The molecular weight excluding hydrogens is 242 g/mol. The van der Waals surface area contributed by atoms with Crippen LogP contribution in [0.4, 0.5) is 0 Å². The van der Waals surface area contributed by atoms with E-state index >= 15 is 0 Å². The average molecular weight is 250 g/mol. The Hall–Kier alpha value is -1.92. The molecule has 0 spiro atoms. The molecule has 0 amide bonds. The number of rotatable bonds is 2. The first-order chi connectivity index (χ1) is 8.29. The molecule has 0 saturated heterocycles. The number of nitrogens with zero attached hydrogens (tertiary/aromatic N) is 3. The molecule has 3 rings (SSSR count). The second-order valence-corrected chi connectivity index (χ2v) is 3.74. The van der Waals surface area contributed by atoms with Crippen LogP contribution in [0.5, 0.6) is 0 Å². The van der Waals surface area contributed by atoms with Crippen LogP contribution >= 0.6 is 11.6 Å². The zero-order chi connectivity index (χ0) is 11.8. The Kier molecular flexibility index (Phi) is 2.31. The minimum absolute atomic E-state index is 0.142. The molecule has 0 atom stereocenters. The first kappa shape index (κ1) is 10.2.